The van der Waals surface area contributed by atoms with Crippen LogP contribution in [0.25, 0.3) is 0 Å². The van der Waals surface area contributed by atoms with Crippen LogP contribution in [0, 0.1) is 0 Å². The van der Waals surface area contributed by atoms with Gasteiger partial charge in [-0.25, -0.2) is 0 Å². The van der Waals surface area contributed by atoms with Crippen LogP contribution in [0.1, 0.15) is 0 Å². The molecule has 94 valence electrons. The summed E-state index contributed by atoms with van der Waals surface area (Å²) < 4.78 is 50.9. The van der Waals surface area contributed by atoms with E-state index in [0.717, 1.165) is 12.5 Å². The quantitative estimate of drug-likeness (QED) is 0.480. The molecule has 0 saturated carbocycles. The monoisotopic (exact) mass is 270 g/mol. The molecule has 6 nitrogen and oxygen atoms in total. The summed E-state index contributed by atoms with van der Waals surface area (Å²) >= 11 is 0. The first-order valence-electron chi connectivity index (χ1n) is 4.21. The van der Waals surface area contributed by atoms with Crippen LogP contribution in [0.5, 0.6) is 0 Å². The largest absolute Gasteiger partial charge is 0.266 e. The Labute approximate surface area is 95.8 Å². The van der Waals surface area contributed by atoms with Gasteiger partial charge in [0.05, 0.1) is 25.7 Å². The molecule has 0 atom stereocenters. The molecule has 0 spiro atoms. The summed E-state index contributed by atoms with van der Waals surface area (Å²) in [6, 6.07) is 0. The van der Waals surface area contributed by atoms with Crippen molar-refractivity contribution < 1.29 is 25.2 Å². The van der Waals surface area contributed by atoms with Gasteiger partial charge in [0.1, 0.15) is 0 Å². The van der Waals surface area contributed by atoms with Gasteiger partial charge in [-0.15, -0.1) is 0 Å². The van der Waals surface area contributed by atoms with E-state index < -0.39 is 20.2 Å². The summed E-state index contributed by atoms with van der Waals surface area (Å²) in [7, 11) is -6.84. The van der Waals surface area contributed by atoms with E-state index in [-0.39, 0.29) is 13.2 Å². The predicted octanol–water partition coefficient (Wildman–Crippen LogP) is 0.0512. The molecule has 0 heterocycles. The van der Waals surface area contributed by atoms with E-state index in [1.165, 1.54) is 24.3 Å². The first kappa shape index (κ1) is 15.3. The molecular weight excluding hydrogens is 256 g/mol. The molecule has 0 aromatic heterocycles. The predicted molar refractivity (Wildman–Crippen MR) is 59.9 cm³/mol. The smallest absolute Gasteiger partial charge is 0.264 e. The maximum Gasteiger partial charge on any atom is 0.264 e. The Kier molecular flexibility index (Phi) is 6.49. The van der Waals surface area contributed by atoms with Gasteiger partial charge in [0, 0.05) is 0 Å². The molecule has 0 aliphatic carbocycles. The number of hydrogen-bond acceptors (Lipinski definition) is 6. The van der Waals surface area contributed by atoms with Crippen LogP contribution < -0.4 is 0 Å². The Bertz CT molecular complexity index is 399. The second-order valence-corrected chi connectivity index (χ2v) is 6.12. The van der Waals surface area contributed by atoms with Crippen LogP contribution in [-0.2, 0) is 28.6 Å². The Hall–Kier alpha value is -0.700. The Morgan fingerprint density at radius 2 is 1.12 bits per heavy atom. The van der Waals surface area contributed by atoms with Gasteiger partial charge >= 0.3 is 0 Å². The summed E-state index contributed by atoms with van der Waals surface area (Å²) in [5.41, 5.74) is 0. The summed E-state index contributed by atoms with van der Waals surface area (Å²) in [4.78, 5) is 0. The lowest BCUT2D eigenvalue weighted by Crippen LogP contribution is -2.02. The fourth-order valence-electron chi connectivity index (χ4n) is 0.594. The Morgan fingerprint density at radius 3 is 1.38 bits per heavy atom. The van der Waals surface area contributed by atoms with Crippen molar-refractivity contribution in [2.75, 3.05) is 25.7 Å². The molecule has 0 saturated heterocycles. The van der Waals surface area contributed by atoms with Gasteiger partial charge in [0.2, 0.25) is 0 Å². The van der Waals surface area contributed by atoms with Crippen LogP contribution in [0.4, 0.5) is 0 Å². The first-order valence-corrected chi connectivity index (χ1v) is 7.84. The third-order valence-corrected chi connectivity index (χ3v) is 2.27. The second-order valence-electron chi connectivity index (χ2n) is 2.83. The average molecular weight is 270 g/mol. The van der Waals surface area contributed by atoms with Crippen molar-refractivity contribution in [2.45, 2.75) is 0 Å². The molecule has 0 aliphatic rings. The fourth-order valence-corrected chi connectivity index (χ4v) is 1.25. The lowest BCUT2D eigenvalue weighted by atomic mass is 10.4. The average Bonchev–Trinajstić information content (AvgIpc) is 2.06. The number of hydrogen-bond donors (Lipinski definition) is 0. The van der Waals surface area contributed by atoms with Gasteiger partial charge in [0.15, 0.2) is 0 Å². The van der Waals surface area contributed by atoms with E-state index in [1.54, 1.807) is 0 Å². The standard InChI is InChI=1S/C8H14O6S2/c1-15(9,10)13-7-5-3-4-6-8-14-16(2,11)12/h3-6H,7-8H2,1-2H3. The van der Waals surface area contributed by atoms with Crippen molar-refractivity contribution in [3.05, 3.63) is 24.3 Å². The first-order chi connectivity index (χ1) is 7.21. The number of rotatable bonds is 7. The highest BCUT2D eigenvalue weighted by molar-refractivity contribution is 7.86. The minimum atomic E-state index is -3.42. The van der Waals surface area contributed by atoms with Crippen LogP contribution >= 0.6 is 0 Å². The highest BCUT2D eigenvalue weighted by Gasteiger charge is 1.97. The van der Waals surface area contributed by atoms with Gasteiger partial charge in [-0.1, -0.05) is 24.3 Å². The van der Waals surface area contributed by atoms with Crippen molar-refractivity contribution in [3.8, 4) is 0 Å². The zero-order chi connectivity index (χ0) is 12.7. The maximum atomic E-state index is 10.5. The zero-order valence-corrected chi connectivity index (χ0v) is 10.6. The van der Waals surface area contributed by atoms with Gasteiger partial charge < -0.3 is 0 Å². The molecule has 0 aromatic rings. The SMILES string of the molecule is CS(=O)(=O)OCC=CC=CCOS(C)(=O)=O. The van der Waals surface area contributed by atoms with Crippen LogP contribution in [0.2, 0.25) is 0 Å². The van der Waals surface area contributed by atoms with Crippen LogP contribution in [0.3, 0.4) is 0 Å². The molecule has 0 aliphatic heterocycles. The van der Waals surface area contributed by atoms with Crippen molar-refractivity contribution in [1.82, 2.24) is 0 Å². The zero-order valence-electron chi connectivity index (χ0n) is 8.99. The Morgan fingerprint density at radius 1 is 0.812 bits per heavy atom. The van der Waals surface area contributed by atoms with Crippen molar-refractivity contribution >= 4 is 20.2 Å². The Balaban J connectivity index is 3.73. The van der Waals surface area contributed by atoms with Gasteiger partial charge in [-0.2, -0.15) is 16.8 Å². The van der Waals surface area contributed by atoms with E-state index in [4.69, 9.17) is 0 Å². The summed E-state index contributed by atoms with van der Waals surface area (Å²) in [6.07, 6.45) is 7.90. The van der Waals surface area contributed by atoms with Crippen LogP contribution in [-0.4, -0.2) is 42.6 Å². The summed E-state index contributed by atoms with van der Waals surface area (Å²) in [5.74, 6) is 0. The second kappa shape index (κ2) is 6.79. The highest BCUT2D eigenvalue weighted by atomic mass is 32.2. The van der Waals surface area contributed by atoms with E-state index in [0.29, 0.717) is 0 Å². The lowest BCUT2D eigenvalue weighted by Gasteiger charge is -1.94. The molecule has 0 radical (unpaired) electrons. The molecule has 0 rings (SSSR count). The molecule has 0 amide bonds. The third kappa shape index (κ3) is 13.3. The summed E-state index contributed by atoms with van der Waals surface area (Å²) in [5, 5.41) is 0. The van der Waals surface area contributed by atoms with E-state index in [1.807, 2.05) is 0 Å². The van der Waals surface area contributed by atoms with E-state index in [9.17, 15) is 16.8 Å². The van der Waals surface area contributed by atoms with E-state index >= 15 is 0 Å². The van der Waals surface area contributed by atoms with Gasteiger partial charge in [0.25, 0.3) is 20.2 Å². The molecule has 0 unspecified atom stereocenters. The van der Waals surface area contributed by atoms with E-state index in [2.05, 4.69) is 8.37 Å². The van der Waals surface area contributed by atoms with Crippen molar-refractivity contribution in [1.29, 1.82) is 0 Å². The molecule has 8 heteroatoms. The minimum Gasteiger partial charge on any atom is -0.266 e. The molecule has 0 bridgehead atoms. The van der Waals surface area contributed by atoms with Crippen LogP contribution in [0.15, 0.2) is 24.3 Å². The summed E-state index contributed by atoms with van der Waals surface area (Å²) in [6.45, 7) is -0.119. The van der Waals surface area contributed by atoms with Gasteiger partial charge in [-0.05, 0) is 0 Å². The van der Waals surface area contributed by atoms with Crippen molar-refractivity contribution in [3.63, 3.8) is 0 Å². The number of allylic oxidation sites excluding steroid dienone is 2. The molecule has 0 N–H and O–H groups in total. The maximum absolute atomic E-state index is 10.5. The molecule has 0 aromatic carbocycles. The highest BCUT2D eigenvalue weighted by Crippen LogP contribution is 1.89. The topological polar surface area (TPSA) is 86.7 Å². The van der Waals surface area contributed by atoms with Crippen molar-refractivity contribution in [2.24, 2.45) is 0 Å². The lowest BCUT2D eigenvalue weighted by molar-refractivity contribution is 0.359. The van der Waals surface area contributed by atoms with Gasteiger partial charge in [-0.3, -0.25) is 8.37 Å². The molecule has 16 heavy (non-hydrogen) atoms. The normalized spacial score (nSPS) is 13.9. The molecule has 0 fully saturated rings. The third-order valence-electron chi connectivity index (χ3n) is 1.14. The fraction of sp³-hybridized carbons (Fsp3) is 0.500. The minimum absolute atomic E-state index is 0.0594. The molecular formula is C8H14O6S2.